The van der Waals surface area contributed by atoms with E-state index in [9.17, 15) is 4.39 Å². The number of hydrogen-bond acceptors (Lipinski definition) is 2. The van der Waals surface area contributed by atoms with Gasteiger partial charge in [0.1, 0.15) is 0 Å². The van der Waals surface area contributed by atoms with Crippen molar-refractivity contribution >= 4 is 5.69 Å². The van der Waals surface area contributed by atoms with Gasteiger partial charge in [-0.3, -0.25) is 0 Å². The van der Waals surface area contributed by atoms with Crippen LogP contribution in [-0.4, -0.2) is 11.2 Å². The summed E-state index contributed by atoms with van der Waals surface area (Å²) in [6.07, 6.45) is 0. The summed E-state index contributed by atoms with van der Waals surface area (Å²) in [7, 11) is 0. The van der Waals surface area contributed by atoms with Crippen molar-refractivity contribution in [2.24, 2.45) is 0 Å². The Hall–Kier alpha value is -1.97. The van der Waals surface area contributed by atoms with Gasteiger partial charge in [0.05, 0.1) is 6.61 Å². The van der Waals surface area contributed by atoms with Crippen molar-refractivity contribution < 1.29 is 9.13 Å². The van der Waals surface area contributed by atoms with Crippen LogP contribution in [0.3, 0.4) is 0 Å². The van der Waals surface area contributed by atoms with Crippen LogP contribution in [0.15, 0.2) is 24.3 Å². The van der Waals surface area contributed by atoms with E-state index in [1.165, 1.54) is 23.0 Å². The predicted octanol–water partition coefficient (Wildman–Crippen LogP) is 4.27. The Morgan fingerprint density at radius 2 is 1.95 bits per heavy atom. The van der Waals surface area contributed by atoms with E-state index in [0.29, 0.717) is 18.9 Å². The largest absolute Gasteiger partial charge is 0.491 e. The molecule has 2 rings (SSSR count). The van der Waals surface area contributed by atoms with Crippen LogP contribution in [0.1, 0.15) is 30.8 Å². The zero-order chi connectivity index (χ0) is 15.4. The van der Waals surface area contributed by atoms with E-state index in [-0.39, 0.29) is 5.82 Å². The van der Waals surface area contributed by atoms with Crippen LogP contribution in [0.25, 0.3) is 0 Å². The smallest absolute Gasteiger partial charge is 0.167 e. The number of benzene rings is 1. The van der Waals surface area contributed by atoms with Gasteiger partial charge in [0, 0.05) is 36.2 Å². The fraction of sp³-hybridized carbons (Fsp3) is 0.412. The number of hydrogen-bond donors (Lipinski definition) is 1. The summed E-state index contributed by atoms with van der Waals surface area (Å²) in [6.45, 7) is 10.3. The molecule has 0 atom stereocenters. The van der Waals surface area contributed by atoms with Crippen LogP contribution in [0.2, 0.25) is 0 Å². The summed E-state index contributed by atoms with van der Waals surface area (Å²) < 4.78 is 21.3. The second kappa shape index (κ2) is 6.66. The summed E-state index contributed by atoms with van der Waals surface area (Å²) in [6, 6.07) is 7.16. The lowest BCUT2D eigenvalue weighted by atomic mass is 10.2. The van der Waals surface area contributed by atoms with E-state index in [4.69, 9.17) is 4.74 Å². The molecule has 3 nitrogen and oxygen atoms in total. The van der Waals surface area contributed by atoms with Crippen LogP contribution in [0.4, 0.5) is 10.1 Å². The molecule has 0 saturated carbocycles. The molecule has 4 heteroatoms. The lowest BCUT2D eigenvalue weighted by Crippen LogP contribution is -2.03. The SMILES string of the molecule is CCOc1ccc(NCc2cc(C)n(CC)c2C)cc1F. The van der Waals surface area contributed by atoms with Gasteiger partial charge >= 0.3 is 0 Å². The van der Waals surface area contributed by atoms with Gasteiger partial charge in [-0.2, -0.15) is 0 Å². The maximum absolute atomic E-state index is 13.8. The minimum Gasteiger partial charge on any atom is -0.491 e. The number of nitrogens with zero attached hydrogens (tertiary/aromatic N) is 1. The molecule has 1 heterocycles. The Kier molecular flexibility index (Phi) is 4.89. The molecule has 2 aromatic rings. The molecule has 21 heavy (non-hydrogen) atoms. The van der Waals surface area contributed by atoms with Crippen molar-refractivity contribution in [1.82, 2.24) is 4.57 Å². The average molecular weight is 290 g/mol. The molecular formula is C17H23FN2O. The zero-order valence-corrected chi connectivity index (χ0v) is 13.2. The second-order valence-electron chi connectivity index (χ2n) is 5.07. The van der Waals surface area contributed by atoms with Gasteiger partial charge in [-0.25, -0.2) is 4.39 Å². The van der Waals surface area contributed by atoms with Gasteiger partial charge in [0.25, 0.3) is 0 Å². The Labute approximate surface area is 125 Å². The summed E-state index contributed by atoms with van der Waals surface area (Å²) >= 11 is 0. The van der Waals surface area contributed by atoms with Crippen molar-refractivity contribution in [2.45, 2.75) is 40.8 Å². The van der Waals surface area contributed by atoms with Crippen molar-refractivity contribution in [2.75, 3.05) is 11.9 Å². The topological polar surface area (TPSA) is 26.2 Å². The lowest BCUT2D eigenvalue weighted by Gasteiger charge is -2.10. The van der Waals surface area contributed by atoms with E-state index in [0.717, 1.165) is 12.2 Å². The van der Waals surface area contributed by atoms with Crippen LogP contribution in [0, 0.1) is 19.7 Å². The van der Waals surface area contributed by atoms with Gasteiger partial charge in [0.15, 0.2) is 11.6 Å². The molecule has 0 aliphatic heterocycles. The quantitative estimate of drug-likeness (QED) is 0.859. The summed E-state index contributed by atoms with van der Waals surface area (Å²) in [5.41, 5.74) is 4.51. The van der Waals surface area contributed by atoms with E-state index >= 15 is 0 Å². The number of ether oxygens (including phenoxy) is 1. The first-order chi connectivity index (χ1) is 10.1. The molecule has 114 valence electrons. The molecule has 0 bridgehead atoms. The van der Waals surface area contributed by atoms with Crippen LogP contribution in [-0.2, 0) is 13.1 Å². The van der Waals surface area contributed by atoms with Crippen molar-refractivity contribution in [1.29, 1.82) is 0 Å². The standard InChI is InChI=1S/C17H23FN2O/c1-5-20-12(3)9-14(13(20)4)11-19-15-7-8-17(21-6-2)16(18)10-15/h7-10,19H,5-6,11H2,1-4H3. The maximum atomic E-state index is 13.8. The molecule has 0 aliphatic carbocycles. The highest BCUT2D eigenvalue weighted by Gasteiger charge is 2.08. The third kappa shape index (κ3) is 3.38. The minimum atomic E-state index is -0.333. The van der Waals surface area contributed by atoms with Gasteiger partial charge in [-0.05, 0) is 51.5 Å². The molecule has 0 radical (unpaired) electrons. The van der Waals surface area contributed by atoms with E-state index in [1.54, 1.807) is 6.07 Å². The molecule has 1 aromatic heterocycles. The number of aryl methyl sites for hydroxylation is 1. The molecule has 0 fully saturated rings. The first kappa shape index (κ1) is 15.4. The number of anilines is 1. The third-order valence-electron chi connectivity index (χ3n) is 3.71. The van der Waals surface area contributed by atoms with E-state index < -0.39 is 0 Å². The zero-order valence-electron chi connectivity index (χ0n) is 13.2. The average Bonchev–Trinajstić information content (AvgIpc) is 2.73. The number of rotatable bonds is 6. The van der Waals surface area contributed by atoms with E-state index in [2.05, 4.69) is 36.7 Å². The Balaban J connectivity index is 2.08. The first-order valence-electron chi connectivity index (χ1n) is 7.38. The second-order valence-corrected chi connectivity index (χ2v) is 5.07. The predicted molar refractivity (Wildman–Crippen MR) is 84.5 cm³/mol. The van der Waals surface area contributed by atoms with Crippen molar-refractivity contribution in [3.05, 3.63) is 47.0 Å². The van der Waals surface area contributed by atoms with Crippen LogP contribution in [0.5, 0.6) is 5.75 Å². The minimum absolute atomic E-state index is 0.298. The maximum Gasteiger partial charge on any atom is 0.167 e. The molecule has 1 aromatic carbocycles. The Bertz CT molecular complexity index is 619. The fourth-order valence-corrected chi connectivity index (χ4v) is 2.62. The fourth-order valence-electron chi connectivity index (χ4n) is 2.62. The number of nitrogens with one attached hydrogen (secondary N) is 1. The van der Waals surface area contributed by atoms with Gasteiger partial charge in [0.2, 0.25) is 0 Å². The Morgan fingerprint density at radius 3 is 2.52 bits per heavy atom. The van der Waals surface area contributed by atoms with Gasteiger partial charge < -0.3 is 14.6 Å². The highest BCUT2D eigenvalue weighted by molar-refractivity contribution is 5.48. The summed E-state index contributed by atoms with van der Waals surface area (Å²) in [4.78, 5) is 0. The summed E-state index contributed by atoms with van der Waals surface area (Å²) in [5.74, 6) is -0.0342. The first-order valence-corrected chi connectivity index (χ1v) is 7.38. The van der Waals surface area contributed by atoms with E-state index in [1.807, 2.05) is 13.0 Å². The highest BCUT2D eigenvalue weighted by Crippen LogP contribution is 2.22. The number of halogens is 1. The molecule has 1 N–H and O–H groups in total. The number of aromatic nitrogens is 1. The lowest BCUT2D eigenvalue weighted by molar-refractivity contribution is 0.321. The summed E-state index contributed by atoms with van der Waals surface area (Å²) in [5, 5.41) is 3.27. The highest BCUT2D eigenvalue weighted by atomic mass is 19.1. The molecule has 0 aliphatic rings. The molecule has 0 unspecified atom stereocenters. The molecule has 0 spiro atoms. The van der Waals surface area contributed by atoms with Gasteiger partial charge in [-0.1, -0.05) is 0 Å². The normalized spacial score (nSPS) is 10.7. The van der Waals surface area contributed by atoms with Crippen LogP contribution >= 0.6 is 0 Å². The van der Waals surface area contributed by atoms with Crippen molar-refractivity contribution in [3.8, 4) is 5.75 Å². The molecular weight excluding hydrogens is 267 g/mol. The molecule has 0 amide bonds. The van der Waals surface area contributed by atoms with Gasteiger partial charge in [-0.15, -0.1) is 0 Å². The van der Waals surface area contributed by atoms with Crippen LogP contribution < -0.4 is 10.1 Å². The van der Waals surface area contributed by atoms with Crippen molar-refractivity contribution in [3.63, 3.8) is 0 Å². The molecule has 0 saturated heterocycles. The monoisotopic (exact) mass is 290 g/mol. The Morgan fingerprint density at radius 1 is 1.19 bits per heavy atom. The third-order valence-corrected chi connectivity index (χ3v) is 3.71.